The van der Waals surface area contributed by atoms with Gasteiger partial charge in [0.1, 0.15) is 0 Å². The predicted molar refractivity (Wildman–Crippen MR) is 87.0 cm³/mol. The molecule has 0 saturated carbocycles. The molecule has 0 spiro atoms. The zero-order valence-electron chi connectivity index (χ0n) is 13.5. The van der Waals surface area contributed by atoms with E-state index in [0.717, 1.165) is 30.8 Å². The molecule has 0 aliphatic carbocycles. The minimum absolute atomic E-state index is 0.0102. The molecule has 1 fully saturated rings. The number of nitrogens with one attached hydrogen (secondary N) is 1. The molecule has 2 amide bonds. The number of amides is 2. The number of hydrogen-bond donors (Lipinski definition) is 1. The molecule has 22 heavy (non-hydrogen) atoms. The molecule has 5 heteroatoms. The summed E-state index contributed by atoms with van der Waals surface area (Å²) in [6.07, 6.45) is 2.29. The highest BCUT2D eigenvalue weighted by atomic mass is 16.5. The molecular formula is C17H26N2O3. The van der Waals surface area contributed by atoms with E-state index in [2.05, 4.69) is 12.2 Å². The summed E-state index contributed by atoms with van der Waals surface area (Å²) in [5, 5.41) is 2.98. The third-order valence-corrected chi connectivity index (χ3v) is 3.82. The Morgan fingerprint density at radius 3 is 3.05 bits per heavy atom. The van der Waals surface area contributed by atoms with Crippen LogP contribution in [0.1, 0.15) is 25.3 Å². The van der Waals surface area contributed by atoms with Crippen LogP contribution in [-0.2, 0) is 16.1 Å². The maximum Gasteiger partial charge on any atom is 0.321 e. The Balaban J connectivity index is 1.85. The highest BCUT2D eigenvalue weighted by Crippen LogP contribution is 2.17. The van der Waals surface area contributed by atoms with Gasteiger partial charge in [-0.05, 0) is 36.5 Å². The van der Waals surface area contributed by atoms with Crippen molar-refractivity contribution < 1.29 is 14.3 Å². The summed E-state index contributed by atoms with van der Waals surface area (Å²) >= 11 is 0. The zero-order valence-corrected chi connectivity index (χ0v) is 13.5. The summed E-state index contributed by atoms with van der Waals surface area (Å²) in [6, 6.07) is 7.78. The molecule has 1 aromatic carbocycles. The van der Waals surface area contributed by atoms with Crippen LogP contribution in [0.3, 0.4) is 0 Å². The standard InChI is InChI=1S/C17H26N2O3/c1-14-5-4-8-19(12-14)17(20)18-16-7-3-6-15(11-16)13-22-10-9-21-2/h3,6-7,11,14H,4-5,8-10,12-13H2,1-2H3,(H,18,20)/t14-/m0/s1. The average molecular weight is 306 g/mol. The number of benzene rings is 1. The van der Waals surface area contributed by atoms with Gasteiger partial charge in [0.05, 0.1) is 19.8 Å². The summed E-state index contributed by atoms with van der Waals surface area (Å²) in [4.78, 5) is 14.2. The molecule has 0 radical (unpaired) electrons. The molecule has 122 valence electrons. The van der Waals surface area contributed by atoms with Crippen molar-refractivity contribution in [3.8, 4) is 0 Å². The zero-order chi connectivity index (χ0) is 15.8. The molecule has 1 atom stereocenters. The first-order valence-electron chi connectivity index (χ1n) is 7.90. The quantitative estimate of drug-likeness (QED) is 0.822. The van der Waals surface area contributed by atoms with Crippen LogP contribution in [0.2, 0.25) is 0 Å². The summed E-state index contributed by atoms with van der Waals surface area (Å²) in [6.45, 7) is 5.55. The van der Waals surface area contributed by atoms with E-state index < -0.39 is 0 Å². The highest BCUT2D eigenvalue weighted by molar-refractivity contribution is 5.89. The number of rotatable bonds is 6. The number of piperidine rings is 1. The van der Waals surface area contributed by atoms with Crippen molar-refractivity contribution >= 4 is 11.7 Å². The summed E-state index contributed by atoms with van der Waals surface area (Å²) in [5.41, 5.74) is 1.86. The van der Waals surface area contributed by atoms with Crippen molar-refractivity contribution in [1.82, 2.24) is 4.90 Å². The van der Waals surface area contributed by atoms with E-state index in [9.17, 15) is 4.79 Å². The van der Waals surface area contributed by atoms with E-state index in [4.69, 9.17) is 9.47 Å². The number of ether oxygens (including phenoxy) is 2. The molecule has 1 aromatic rings. The van der Waals surface area contributed by atoms with E-state index in [1.807, 2.05) is 29.2 Å². The molecule has 1 aliphatic rings. The lowest BCUT2D eigenvalue weighted by Gasteiger charge is -2.31. The van der Waals surface area contributed by atoms with Crippen molar-refractivity contribution in [2.75, 3.05) is 38.7 Å². The van der Waals surface area contributed by atoms with Crippen LogP contribution in [0.4, 0.5) is 10.5 Å². The van der Waals surface area contributed by atoms with Gasteiger partial charge in [-0.1, -0.05) is 19.1 Å². The van der Waals surface area contributed by atoms with Crippen LogP contribution in [-0.4, -0.2) is 44.3 Å². The van der Waals surface area contributed by atoms with E-state index >= 15 is 0 Å². The second kappa shape index (κ2) is 8.76. The van der Waals surface area contributed by atoms with Gasteiger partial charge in [0, 0.05) is 25.9 Å². The van der Waals surface area contributed by atoms with E-state index in [0.29, 0.717) is 25.7 Å². The van der Waals surface area contributed by atoms with Gasteiger partial charge < -0.3 is 19.7 Å². The average Bonchev–Trinajstić information content (AvgIpc) is 2.52. The van der Waals surface area contributed by atoms with Crippen molar-refractivity contribution in [3.05, 3.63) is 29.8 Å². The first kappa shape index (κ1) is 16.8. The van der Waals surface area contributed by atoms with Crippen LogP contribution in [0.15, 0.2) is 24.3 Å². The first-order valence-corrected chi connectivity index (χ1v) is 7.90. The minimum atomic E-state index is -0.0102. The van der Waals surface area contributed by atoms with Gasteiger partial charge in [0.15, 0.2) is 0 Å². The maximum atomic E-state index is 12.3. The second-order valence-corrected chi connectivity index (χ2v) is 5.87. The third kappa shape index (κ3) is 5.31. The molecule has 0 bridgehead atoms. The number of hydrogen-bond acceptors (Lipinski definition) is 3. The van der Waals surface area contributed by atoms with Gasteiger partial charge in [-0.3, -0.25) is 0 Å². The molecule has 1 saturated heterocycles. The predicted octanol–water partition coefficient (Wildman–Crippen LogP) is 3.11. The van der Waals surface area contributed by atoms with Gasteiger partial charge in [0.25, 0.3) is 0 Å². The number of anilines is 1. The summed E-state index contributed by atoms with van der Waals surface area (Å²) in [7, 11) is 1.65. The summed E-state index contributed by atoms with van der Waals surface area (Å²) < 4.78 is 10.4. The number of urea groups is 1. The monoisotopic (exact) mass is 306 g/mol. The fourth-order valence-corrected chi connectivity index (χ4v) is 2.65. The fourth-order valence-electron chi connectivity index (χ4n) is 2.65. The molecule has 2 rings (SSSR count). The SMILES string of the molecule is COCCOCc1cccc(NC(=O)N2CCC[C@H](C)C2)c1. The Labute approximate surface area is 132 Å². The molecule has 0 aromatic heterocycles. The fraction of sp³-hybridized carbons (Fsp3) is 0.588. The normalized spacial score (nSPS) is 18.3. The van der Waals surface area contributed by atoms with E-state index in [-0.39, 0.29) is 6.03 Å². The van der Waals surface area contributed by atoms with Gasteiger partial charge >= 0.3 is 6.03 Å². The first-order chi connectivity index (χ1) is 10.7. The Bertz CT molecular complexity index is 479. The molecule has 1 N–H and O–H groups in total. The Morgan fingerprint density at radius 2 is 2.27 bits per heavy atom. The van der Waals surface area contributed by atoms with E-state index in [1.54, 1.807) is 7.11 Å². The largest absolute Gasteiger partial charge is 0.382 e. The van der Waals surface area contributed by atoms with Crippen molar-refractivity contribution in [1.29, 1.82) is 0 Å². The lowest BCUT2D eigenvalue weighted by Crippen LogP contribution is -2.41. The van der Waals surface area contributed by atoms with E-state index in [1.165, 1.54) is 6.42 Å². The lowest BCUT2D eigenvalue weighted by atomic mass is 10.0. The number of nitrogens with zero attached hydrogens (tertiary/aromatic N) is 1. The molecule has 1 heterocycles. The highest BCUT2D eigenvalue weighted by Gasteiger charge is 2.20. The third-order valence-electron chi connectivity index (χ3n) is 3.82. The van der Waals surface area contributed by atoms with Crippen molar-refractivity contribution in [2.24, 2.45) is 5.92 Å². The number of carbonyl (C=O) groups is 1. The number of carbonyl (C=O) groups excluding carboxylic acids is 1. The van der Waals surface area contributed by atoms with Crippen LogP contribution in [0, 0.1) is 5.92 Å². The van der Waals surface area contributed by atoms with Crippen molar-refractivity contribution in [2.45, 2.75) is 26.4 Å². The van der Waals surface area contributed by atoms with Crippen LogP contribution in [0.25, 0.3) is 0 Å². The smallest absolute Gasteiger partial charge is 0.321 e. The molecular weight excluding hydrogens is 280 g/mol. The van der Waals surface area contributed by atoms with Gasteiger partial charge in [0.2, 0.25) is 0 Å². The Hall–Kier alpha value is -1.59. The van der Waals surface area contributed by atoms with Crippen molar-refractivity contribution in [3.63, 3.8) is 0 Å². The molecule has 0 unspecified atom stereocenters. The van der Waals surface area contributed by atoms with Gasteiger partial charge in [-0.25, -0.2) is 4.79 Å². The summed E-state index contributed by atoms with van der Waals surface area (Å²) in [5.74, 6) is 0.583. The molecule has 1 aliphatic heterocycles. The Kier molecular flexibility index (Phi) is 6.68. The van der Waals surface area contributed by atoms with Crippen LogP contribution in [0.5, 0.6) is 0 Å². The second-order valence-electron chi connectivity index (χ2n) is 5.87. The number of likely N-dealkylation sites (tertiary alicyclic amines) is 1. The van der Waals surface area contributed by atoms with Gasteiger partial charge in [-0.2, -0.15) is 0 Å². The topological polar surface area (TPSA) is 50.8 Å². The van der Waals surface area contributed by atoms with Crippen LogP contribution >= 0.6 is 0 Å². The molecule has 5 nitrogen and oxygen atoms in total. The van der Waals surface area contributed by atoms with Crippen LogP contribution < -0.4 is 5.32 Å². The number of methoxy groups -OCH3 is 1. The maximum absolute atomic E-state index is 12.3. The van der Waals surface area contributed by atoms with Gasteiger partial charge in [-0.15, -0.1) is 0 Å². The Morgan fingerprint density at radius 1 is 1.41 bits per heavy atom. The minimum Gasteiger partial charge on any atom is -0.382 e. The lowest BCUT2D eigenvalue weighted by molar-refractivity contribution is 0.0617.